The molecule has 1 heterocycles. The molecule has 0 aromatic heterocycles. The van der Waals surface area contributed by atoms with Gasteiger partial charge in [0.1, 0.15) is 0 Å². The molecule has 0 aliphatic carbocycles. The second-order valence-electron chi connectivity index (χ2n) is 11.4. The van der Waals surface area contributed by atoms with E-state index >= 15 is 0 Å². The molecular weight excluding hydrogens is 504 g/mol. The van der Waals surface area contributed by atoms with Crippen LogP contribution in [0.1, 0.15) is 42.9 Å². The molecule has 4 nitrogen and oxygen atoms in total. The quantitative estimate of drug-likeness (QED) is 0.209. The summed E-state index contributed by atoms with van der Waals surface area (Å²) in [5.41, 5.74) is 6.24. The van der Waals surface area contributed by atoms with E-state index in [1.165, 1.54) is 27.8 Å². The van der Waals surface area contributed by atoms with Crippen molar-refractivity contribution >= 4 is 5.91 Å². The highest BCUT2D eigenvalue weighted by molar-refractivity contribution is 5.79. The van der Waals surface area contributed by atoms with E-state index in [1.54, 1.807) is 0 Å². The van der Waals surface area contributed by atoms with E-state index in [9.17, 15) is 9.90 Å². The van der Waals surface area contributed by atoms with Crippen molar-refractivity contribution < 1.29 is 9.90 Å². The third kappa shape index (κ3) is 7.72. The van der Waals surface area contributed by atoms with Gasteiger partial charge in [-0.3, -0.25) is 9.69 Å². The van der Waals surface area contributed by atoms with Crippen LogP contribution in [0.15, 0.2) is 115 Å². The van der Waals surface area contributed by atoms with Gasteiger partial charge in [-0.05, 0) is 53.5 Å². The molecule has 3 atom stereocenters. The molecule has 1 fully saturated rings. The number of likely N-dealkylation sites (tertiary alicyclic amines) is 1. The normalized spacial score (nSPS) is 16.6. The molecule has 4 heteroatoms. The predicted octanol–water partition coefficient (Wildman–Crippen LogP) is 6.98. The zero-order valence-electron chi connectivity index (χ0n) is 24.1. The van der Waals surface area contributed by atoms with Crippen molar-refractivity contribution in [2.75, 3.05) is 13.2 Å². The maximum Gasteiger partial charge on any atom is 0.225 e. The Balaban J connectivity index is 1.42. The van der Waals surface area contributed by atoms with Gasteiger partial charge in [0, 0.05) is 31.6 Å². The molecule has 4 aromatic rings. The Morgan fingerprint density at radius 1 is 0.780 bits per heavy atom. The molecule has 5 rings (SSSR count). The lowest BCUT2D eigenvalue weighted by Gasteiger charge is -2.35. The number of amides is 1. The van der Waals surface area contributed by atoms with Crippen molar-refractivity contribution in [2.45, 2.75) is 57.8 Å². The number of aliphatic hydroxyl groups excluding tert-OH is 1. The third-order valence-electron chi connectivity index (χ3n) is 8.42. The van der Waals surface area contributed by atoms with Gasteiger partial charge in [0.05, 0.1) is 12.6 Å². The first-order valence-corrected chi connectivity index (χ1v) is 15.0. The van der Waals surface area contributed by atoms with E-state index < -0.39 is 0 Å². The topological polar surface area (TPSA) is 43.8 Å². The average molecular weight is 547 g/mol. The molecule has 4 aromatic carbocycles. The lowest BCUT2D eigenvalue weighted by Crippen LogP contribution is -2.44. The summed E-state index contributed by atoms with van der Waals surface area (Å²) in [7, 11) is 0. The lowest BCUT2D eigenvalue weighted by atomic mass is 9.92. The van der Waals surface area contributed by atoms with Gasteiger partial charge in [-0.1, -0.05) is 122 Å². The van der Waals surface area contributed by atoms with Crippen molar-refractivity contribution in [2.24, 2.45) is 5.92 Å². The van der Waals surface area contributed by atoms with Crippen molar-refractivity contribution in [1.29, 1.82) is 0 Å². The van der Waals surface area contributed by atoms with Crippen LogP contribution in [0, 0.1) is 5.92 Å². The van der Waals surface area contributed by atoms with Crippen molar-refractivity contribution in [1.82, 2.24) is 9.80 Å². The highest BCUT2D eigenvalue weighted by atomic mass is 16.3. The van der Waals surface area contributed by atoms with Gasteiger partial charge in [-0.15, -0.1) is 0 Å². The molecule has 1 aliphatic rings. The third-order valence-corrected chi connectivity index (χ3v) is 8.42. The van der Waals surface area contributed by atoms with Crippen LogP contribution in [0.25, 0.3) is 11.1 Å². The zero-order chi connectivity index (χ0) is 28.4. The fraction of sp³-hybridized carbons (Fsp3) is 0.324. The molecule has 1 amide bonds. The molecule has 0 bridgehead atoms. The summed E-state index contributed by atoms with van der Waals surface area (Å²) in [5.74, 6) is 0.0372. The minimum absolute atomic E-state index is 0.0429. The fourth-order valence-electron chi connectivity index (χ4n) is 6.16. The van der Waals surface area contributed by atoms with Crippen LogP contribution >= 0.6 is 0 Å². The largest absolute Gasteiger partial charge is 0.394 e. The van der Waals surface area contributed by atoms with Gasteiger partial charge in [0.25, 0.3) is 0 Å². The van der Waals surface area contributed by atoms with Gasteiger partial charge >= 0.3 is 0 Å². The van der Waals surface area contributed by atoms with Crippen LogP contribution in [0.4, 0.5) is 0 Å². The van der Waals surface area contributed by atoms with Gasteiger partial charge in [0.2, 0.25) is 5.91 Å². The van der Waals surface area contributed by atoms with Gasteiger partial charge in [-0.2, -0.15) is 0 Å². The molecule has 41 heavy (non-hydrogen) atoms. The summed E-state index contributed by atoms with van der Waals surface area (Å²) in [6, 6.07) is 40.8. The van der Waals surface area contributed by atoms with Gasteiger partial charge < -0.3 is 10.0 Å². The second-order valence-corrected chi connectivity index (χ2v) is 11.4. The Labute approximate surface area is 245 Å². The second kappa shape index (κ2) is 14.2. The van der Waals surface area contributed by atoms with Crippen molar-refractivity contribution in [3.8, 4) is 11.1 Å². The van der Waals surface area contributed by atoms with E-state index in [0.29, 0.717) is 0 Å². The van der Waals surface area contributed by atoms with Crippen molar-refractivity contribution in [3.05, 3.63) is 132 Å². The number of benzene rings is 4. The SMILES string of the molecule is C[C@@H](C[C@@H](Cc1ccc(-c2ccccc2)cc1)N(Cc1ccccc1)Cc1ccccc1)C(=O)N1CCC[C@H]1CO. The van der Waals surface area contributed by atoms with E-state index in [4.69, 9.17) is 0 Å². The summed E-state index contributed by atoms with van der Waals surface area (Å²) in [4.78, 5) is 18.1. The molecule has 0 saturated carbocycles. The summed E-state index contributed by atoms with van der Waals surface area (Å²) in [6.45, 7) is 4.49. The first-order valence-electron chi connectivity index (χ1n) is 15.0. The van der Waals surface area contributed by atoms with Crippen molar-refractivity contribution in [3.63, 3.8) is 0 Å². The highest BCUT2D eigenvalue weighted by Crippen LogP contribution is 2.27. The number of nitrogens with zero attached hydrogens (tertiary/aromatic N) is 2. The summed E-state index contributed by atoms with van der Waals surface area (Å²) >= 11 is 0. The van der Waals surface area contributed by atoms with Crippen LogP contribution in [-0.4, -0.2) is 46.0 Å². The maximum atomic E-state index is 13.6. The predicted molar refractivity (Wildman–Crippen MR) is 167 cm³/mol. The molecule has 1 aliphatic heterocycles. The van der Waals surface area contributed by atoms with Crippen LogP contribution in [0.3, 0.4) is 0 Å². The Kier molecular flexibility index (Phi) is 10.0. The smallest absolute Gasteiger partial charge is 0.225 e. The molecule has 212 valence electrons. The van der Waals surface area contributed by atoms with E-state index in [0.717, 1.165) is 45.3 Å². The van der Waals surface area contributed by atoms with E-state index in [1.807, 2.05) is 11.0 Å². The maximum absolute atomic E-state index is 13.6. The molecule has 0 unspecified atom stereocenters. The first kappa shape index (κ1) is 28.8. The molecular formula is C37H42N2O2. The Bertz CT molecular complexity index is 1300. The number of rotatable bonds is 12. The Morgan fingerprint density at radius 2 is 1.32 bits per heavy atom. The van der Waals surface area contributed by atoms with Crippen LogP contribution < -0.4 is 0 Å². The van der Waals surface area contributed by atoms with Crippen LogP contribution in [0.2, 0.25) is 0 Å². The molecule has 0 radical (unpaired) electrons. The number of hydrogen-bond acceptors (Lipinski definition) is 3. The van der Waals surface area contributed by atoms with Gasteiger partial charge in [0.15, 0.2) is 0 Å². The van der Waals surface area contributed by atoms with E-state index in [2.05, 4.69) is 121 Å². The summed E-state index contributed by atoms with van der Waals surface area (Å²) in [6.07, 6.45) is 3.47. The first-order chi connectivity index (χ1) is 20.1. The highest BCUT2D eigenvalue weighted by Gasteiger charge is 2.33. The summed E-state index contributed by atoms with van der Waals surface area (Å²) < 4.78 is 0. The van der Waals surface area contributed by atoms with Crippen LogP contribution in [-0.2, 0) is 24.3 Å². The van der Waals surface area contributed by atoms with E-state index in [-0.39, 0.29) is 30.5 Å². The average Bonchev–Trinajstić information content (AvgIpc) is 3.51. The zero-order valence-corrected chi connectivity index (χ0v) is 24.1. The molecule has 0 spiro atoms. The van der Waals surface area contributed by atoms with Gasteiger partial charge in [-0.25, -0.2) is 0 Å². The minimum Gasteiger partial charge on any atom is -0.394 e. The Hall–Kier alpha value is -3.73. The fourth-order valence-corrected chi connectivity index (χ4v) is 6.16. The number of carbonyl (C=O) groups excluding carboxylic acids is 1. The van der Waals surface area contributed by atoms with Crippen LogP contribution in [0.5, 0.6) is 0 Å². The standard InChI is InChI=1S/C37H42N2O2/c1-29(37(41)39-23-11-18-35(39)28-40)24-36(25-30-19-21-34(22-20-30)33-16-9-4-10-17-33)38(26-31-12-5-2-6-13-31)27-32-14-7-3-8-15-32/h2-10,12-17,19-22,29,35-36,40H,11,18,23-28H2,1H3/t29-,35-,36-/m0/s1. The Morgan fingerprint density at radius 3 is 1.88 bits per heavy atom. The molecule has 1 N–H and O–H groups in total. The molecule has 1 saturated heterocycles. The minimum atomic E-state index is -0.134. The monoisotopic (exact) mass is 546 g/mol. The summed E-state index contributed by atoms with van der Waals surface area (Å²) in [5, 5.41) is 9.86. The number of carbonyl (C=O) groups is 1. The number of hydrogen-bond donors (Lipinski definition) is 1. The number of aliphatic hydroxyl groups is 1. The lowest BCUT2D eigenvalue weighted by molar-refractivity contribution is -0.137.